The molecule has 1 rings (SSSR count). The molecule has 0 saturated heterocycles. The van der Waals surface area contributed by atoms with Crippen molar-refractivity contribution in [2.75, 3.05) is 5.73 Å². The fraction of sp³-hybridized carbons (Fsp3) is 0.182. The first kappa shape index (κ1) is 15.0. The van der Waals surface area contributed by atoms with Gasteiger partial charge >= 0.3 is 12.0 Å². The molecule has 0 radical (unpaired) electrons. The summed E-state index contributed by atoms with van der Waals surface area (Å²) < 4.78 is 5.27. The van der Waals surface area contributed by atoms with Crippen LogP contribution >= 0.6 is 15.9 Å². The van der Waals surface area contributed by atoms with Gasteiger partial charge in [0, 0.05) is 5.69 Å². The number of urea groups is 1. The Balaban J connectivity index is 2.77. The number of hydrogen-bond acceptors (Lipinski definition) is 5. The van der Waals surface area contributed by atoms with Crippen LogP contribution in [-0.2, 0) is 9.53 Å². The van der Waals surface area contributed by atoms with Gasteiger partial charge in [-0.2, -0.15) is 0 Å². The monoisotopic (exact) mass is 329 g/mol. The number of carbonyl (C=O) groups excluding carboxylic acids is 3. The van der Waals surface area contributed by atoms with Crippen LogP contribution in [0.15, 0.2) is 22.7 Å². The Labute approximate surface area is 117 Å². The molecule has 0 spiro atoms. The lowest BCUT2D eigenvalue weighted by Gasteiger charge is -2.13. The number of benzene rings is 1. The molecular formula is C11H12BrN3O4. The number of carbonyl (C=O) groups is 3. The second-order valence-corrected chi connectivity index (χ2v) is 4.40. The van der Waals surface area contributed by atoms with Gasteiger partial charge in [0.05, 0.1) is 10.0 Å². The Morgan fingerprint density at radius 2 is 2.00 bits per heavy atom. The molecule has 1 atom stereocenters. The molecule has 0 bridgehead atoms. The van der Waals surface area contributed by atoms with E-state index >= 15 is 0 Å². The highest BCUT2D eigenvalue weighted by atomic mass is 79.9. The van der Waals surface area contributed by atoms with Crippen molar-refractivity contribution in [3.05, 3.63) is 28.2 Å². The summed E-state index contributed by atoms with van der Waals surface area (Å²) in [6.07, 6.45) is -1.16. The number of rotatable bonds is 3. The maximum absolute atomic E-state index is 11.8. The number of esters is 1. The summed E-state index contributed by atoms with van der Waals surface area (Å²) in [7, 11) is 0. The van der Waals surface area contributed by atoms with E-state index in [9.17, 15) is 14.4 Å². The summed E-state index contributed by atoms with van der Waals surface area (Å²) in [6.45, 7) is 1.32. The predicted molar refractivity (Wildman–Crippen MR) is 71.2 cm³/mol. The molecule has 0 saturated carbocycles. The minimum Gasteiger partial charge on any atom is -0.449 e. The van der Waals surface area contributed by atoms with Gasteiger partial charge in [0.2, 0.25) is 0 Å². The van der Waals surface area contributed by atoms with Crippen molar-refractivity contribution in [2.24, 2.45) is 5.73 Å². The van der Waals surface area contributed by atoms with Gasteiger partial charge in [-0.15, -0.1) is 0 Å². The van der Waals surface area contributed by atoms with Gasteiger partial charge in [-0.1, -0.05) is 6.07 Å². The number of primary amides is 1. The zero-order valence-corrected chi connectivity index (χ0v) is 11.6. The number of imide groups is 1. The number of nitrogens with two attached hydrogens (primary N) is 2. The van der Waals surface area contributed by atoms with Gasteiger partial charge < -0.3 is 16.2 Å². The van der Waals surface area contributed by atoms with Crippen LogP contribution in [0.5, 0.6) is 0 Å². The summed E-state index contributed by atoms with van der Waals surface area (Å²) in [5, 5.41) is 1.81. The molecule has 0 heterocycles. The van der Waals surface area contributed by atoms with Gasteiger partial charge in [0.15, 0.2) is 6.10 Å². The zero-order valence-electron chi connectivity index (χ0n) is 9.98. The fourth-order valence-corrected chi connectivity index (χ4v) is 1.63. The molecule has 1 aromatic carbocycles. The third kappa shape index (κ3) is 3.95. The Morgan fingerprint density at radius 3 is 2.58 bits per heavy atom. The SMILES string of the molecule is CC(OC(=O)c1cccc(N)c1Br)C(=O)NC(N)=O. The molecule has 5 N–H and O–H groups in total. The minimum atomic E-state index is -1.16. The molecule has 0 aromatic heterocycles. The molecule has 1 unspecified atom stereocenters. The van der Waals surface area contributed by atoms with Crippen molar-refractivity contribution in [1.29, 1.82) is 0 Å². The molecule has 0 aliphatic heterocycles. The van der Waals surface area contributed by atoms with Crippen LogP contribution in [0.1, 0.15) is 17.3 Å². The van der Waals surface area contributed by atoms with E-state index in [2.05, 4.69) is 15.9 Å². The number of anilines is 1. The second-order valence-electron chi connectivity index (χ2n) is 3.61. The van der Waals surface area contributed by atoms with Gasteiger partial charge in [-0.3, -0.25) is 10.1 Å². The van der Waals surface area contributed by atoms with Crippen molar-refractivity contribution in [2.45, 2.75) is 13.0 Å². The van der Waals surface area contributed by atoms with Gasteiger partial charge in [0.25, 0.3) is 5.91 Å². The molecule has 0 aliphatic carbocycles. The van der Waals surface area contributed by atoms with Crippen LogP contribution in [0, 0.1) is 0 Å². The highest BCUT2D eigenvalue weighted by molar-refractivity contribution is 9.10. The Hall–Kier alpha value is -2.09. The number of ether oxygens (including phenoxy) is 1. The first-order valence-electron chi connectivity index (χ1n) is 5.18. The topological polar surface area (TPSA) is 125 Å². The Kier molecular flexibility index (Phi) is 4.87. The summed E-state index contributed by atoms with van der Waals surface area (Å²) >= 11 is 3.15. The van der Waals surface area contributed by atoms with Gasteiger partial charge in [0.1, 0.15) is 0 Å². The highest BCUT2D eigenvalue weighted by Crippen LogP contribution is 2.24. The predicted octanol–water partition coefficient (Wildman–Crippen LogP) is 0.772. The smallest absolute Gasteiger partial charge is 0.340 e. The molecule has 102 valence electrons. The van der Waals surface area contributed by atoms with E-state index in [1.54, 1.807) is 12.1 Å². The Morgan fingerprint density at radius 1 is 1.37 bits per heavy atom. The summed E-state index contributed by atoms with van der Waals surface area (Å²) in [4.78, 5) is 33.7. The molecule has 1 aromatic rings. The third-order valence-corrected chi connectivity index (χ3v) is 3.03. The van der Waals surface area contributed by atoms with E-state index in [0.29, 0.717) is 10.2 Å². The number of hydrogen-bond donors (Lipinski definition) is 3. The van der Waals surface area contributed by atoms with Gasteiger partial charge in [-0.05, 0) is 35.0 Å². The van der Waals surface area contributed by atoms with Crippen LogP contribution in [-0.4, -0.2) is 24.0 Å². The average molecular weight is 330 g/mol. The van der Waals surface area contributed by atoms with Crippen molar-refractivity contribution in [3.8, 4) is 0 Å². The van der Waals surface area contributed by atoms with E-state index in [1.807, 2.05) is 5.32 Å². The summed E-state index contributed by atoms with van der Waals surface area (Å²) in [5.41, 5.74) is 10.9. The molecule has 0 aliphatic rings. The standard InChI is InChI=1S/C11H12BrN3O4/c1-5(9(16)15-11(14)18)19-10(17)6-3-2-4-7(13)8(6)12/h2-5H,13H2,1H3,(H3,14,15,16,18). The van der Waals surface area contributed by atoms with Crippen LogP contribution in [0.2, 0.25) is 0 Å². The Bertz CT molecular complexity index is 533. The van der Waals surface area contributed by atoms with Crippen LogP contribution in [0.4, 0.5) is 10.5 Å². The van der Waals surface area contributed by atoms with Crippen molar-refractivity contribution in [1.82, 2.24) is 5.32 Å². The lowest BCUT2D eigenvalue weighted by Crippen LogP contribution is -2.42. The van der Waals surface area contributed by atoms with Gasteiger partial charge in [-0.25, -0.2) is 9.59 Å². The summed E-state index contributed by atoms with van der Waals surface area (Å²) in [6, 6.07) is 3.65. The van der Waals surface area contributed by atoms with Crippen molar-refractivity contribution in [3.63, 3.8) is 0 Å². The van der Waals surface area contributed by atoms with Crippen molar-refractivity contribution >= 4 is 39.5 Å². The van der Waals surface area contributed by atoms with Crippen LogP contribution in [0.3, 0.4) is 0 Å². The normalized spacial score (nSPS) is 11.5. The van der Waals surface area contributed by atoms with Crippen LogP contribution < -0.4 is 16.8 Å². The molecular weight excluding hydrogens is 318 g/mol. The first-order chi connectivity index (χ1) is 8.82. The maximum Gasteiger partial charge on any atom is 0.340 e. The molecule has 19 heavy (non-hydrogen) atoms. The molecule has 7 nitrogen and oxygen atoms in total. The quantitative estimate of drug-likeness (QED) is 0.558. The molecule has 0 fully saturated rings. The lowest BCUT2D eigenvalue weighted by atomic mass is 10.2. The molecule has 3 amide bonds. The molecule has 8 heteroatoms. The van der Waals surface area contributed by atoms with Crippen molar-refractivity contribution < 1.29 is 19.1 Å². The first-order valence-corrected chi connectivity index (χ1v) is 5.97. The largest absolute Gasteiger partial charge is 0.449 e. The fourth-order valence-electron chi connectivity index (χ4n) is 1.21. The number of nitrogens with one attached hydrogen (secondary N) is 1. The number of amides is 3. The zero-order chi connectivity index (χ0) is 14.6. The second kappa shape index (κ2) is 6.19. The summed E-state index contributed by atoms with van der Waals surface area (Å²) in [5.74, 6) is -1.55. The third-order valence-electron chi connectivity index (χ3n) is 2.15. The van der Waals surface area contributed by atoms with Crippen LogP contribution in [0.25, 0.3) is 0 Å². The van der Waals surface area contributed by atoms with E-state index in [-0.39, 0.29) is 5.56 Å². The van der Waals surface area contributed by atoms with E-state index < -0.39 is 24.0 Å². The van der Waals surface area contributed by atoms with E-state index in [0.717, 1.165) is 0 Å². The average Bonchev–Trinajstić information content (AvgIpc) is 2.31. The van der Waals surface area contributed by atoms with E-state index in [1.165, 1.54) is 13.0 Å². The highest BCUT2D eigenvalue weighted by Gasteiger charge is 2.21. The number of nitrogen functional groups attached to an aromatic ring is 1. The minimum absolute atomic E-state index is 0.179. The maximum atomic E-state index is 11.8. The number of halogens is 1. The lowest BCUT2D eigenvalue weighted by molar-refractivity contribution is -0.127. The van der Waals surface area contributed by atoms with E-state index in [4.69, 9.17) is 16.2 Å².